The zero-order valence-electron chi connectivity index (χ0n) is 11.5. The minimum Gasteiger partial charge on any atom is -0.395 e. The second-order valence-electron chi connectivity index (χ2n) is 4.65. The third-order valence-electron chi connectivity index (χ3n) is 2.97. The highest BCUT2D eigenvalue weighted by Crippen LogP contribution is 2.19. The molecule has 20 heavy (non-hydrogen) atoms. The first-order valence-electron chi connectivity index (χ1n) is 6.43. The molecule has 0 radical (unpaired) electrons. The molecular weight excluding hydrogens is 259 g/mol. The van der Waals surface area contributed by atoms with Crippen LogP contribution in [0.4, 0.5) is 15.8 Å². The molecule has 0 aliphatic rings. The van der Waals surface area contributed by atoms with Gasteiger partial charge in [-0.25, -0.2) is 4.39 Å². The molecule has 2 rings (SSSR count). The number of nitrogens with one attached hydrogen (secondary N) is 2. The fourth-order valence-electron chi connectivity index (χ4n) is 1.90. The van der Waals surface area contributed by atoms with Crippen LogP contribution in [0.25, 0.3) is 0 Å². The van der Waals surface area contributed by atoms with Gasteiger partial charge in [0.1, 0.15) is 5.82 Å². The van der Waals surface area contributed by atoms with Crippen LogP contribution in [-0.4, -0.2) is 16.1 Å². The lowest BCUT2D eigenvalue weighted by atomic mass is 10.2. The smallest absolute Gasteiger partial charge is 0.278 e. The number of anilines is 2. The van der Waals surface area contributed by atoms with Crippen LogP contribution in [-0.2, 0) is 6.42 Å². The number of rotatable bonds is 4. The average molecular weight is 276 g/mol. The Bertz CT molecular complexity index is 636. The number of nitrogens with zero attached hydrogens (tertiary/aromatic N) is 1. The lowest BCUT2D eigenvalue weighted by Crippen LogP contribution is -2.15. The summed E-state index contributed by atoms with van der Waals surface area (Å²) in [6.45, 7) is 3.78. The predicted octanol–water partition coefficient (Wildman–Crippen LogP) is 2.64. The number of aromatic amines is 1. The molecule has 1 heterocycles. The Balaban J connectivity index is 2.20. The van der Waals surface area contributed by atoms with Crippen LogP contribution in [0.2, 0.25) is 0 Å². The van der Waals surface area contributed by atoms with Crippen LogP contribution in [0.5, 0.6) is 0 Å². The monoisotopic (exact) mass is 276 g/mol. The maximum Gasteiger partial charge on any atom is 0.278 e. The Morgan fingerprint density at radius 1 is 1.50 bits per heavy atom. The average Bonchev–Trinajstić information content (AvgIpc) is 2.75. The molecule has 0 bridgehead atoms. The SMILES string of the molecule is CCCc1[nH]nc(C(=O)Nc2ccc(C)cc2F)c1N. The normalized spacial score (nSPS) is 10.6. The number of nitrogen functional groups attached to an aromatic ring is 1. The number of aryl methyl sites for hydroxylation is 2. The van der Waals surface area contributed by atoms with Crippen molar-refractivity contribution >= 4 is 17.3 Å². The van der Waals surface area contributed by atoms with Crippen LogP contribution in [0, 0.1) is 12.7 Å². The number of H-pyrrole nitrogens is 1. The molecule has 106 valence electrons. The number of hydrogen-bond acceptors (Lipinski definition) is 3. The van der Waals surface area contributed by atoms with E-state index in [4.69, 9.17) is 5.73 Å². The molecule has 5 nitrogen and oxygen atoms in total. The van der Waals surface area contributed by atoms with Crippen molar-refractivity contribution in [3.8, 4) is 0 Å². The summed E-state index contributed by atoms with van der Waals surface area (Å²) >= 11 is 0. The van der Waals surface area contributed by atoms with Crippen molar-refractivity contribution < 1.29 is 9.18 Å². The van der Waals surface area contributed by atoms with E-state index in [1.165, 1.54) is 12.1 Å². The topological polar surface area (TPSA) is 83.8 Å². The third-order valence-corrected chi connectivity index (χ3v) is 2.97. The lowest BCUT2D eigenvalue weighted by molar-refractivity contribution is 0.102. The van der Waals surface area contributed by atoms with Crippen molar-refractivity contribution in [3.05, 3.63) is 41.0 Å². The van der Waals surface area contributed by atoms with Gasteiger partial charge in [-0.1, -0.05) is 19.4 Å². The molecule has 4 N–H and O–H groups in total. The maximum atomic E-state index is 13.7. The summed E-state index contributed by atoms with van der Waals surface area (Å²) in [6.07, 6.45) is 1.60. The van der Waals surface area contributed by atoms with E-state index in [2.05, 4.69) is 15.5 Å². The summed E-state index contributed by atoms with van der Waals surface area (Å²) in [5.41, 5.74) is 7.88. The second kappa shape index (κ2) is 5.73. The first-order chi connectivity index (χ1) is 9.52. The van der Waals surface area contributed by atoms with Crippen LogP contribution in [0.1, 0.15) is 35.1 Å². The summed E-state index contributed by atoms with van der Waals surface area (Å²) in [7, 11) is 0. The number of hydrogen-bond donors (Lipinski definition) is 3. The van der Waals surface area contributed by atoms with Crippen LogP contribution in [0.15, 0.2) is 18.2 Å². The summed E-state index contributed by atoms with van der Waals surface area (Å²) in [4.78, 5) is 12.0. The minimum absolute atomic E-state index is 0.0911. The van der Waals surface area contributed by atoms with Crippen molar-refractivity contribution in [2.24, 2.45) is 0 Å². The molecule has 0 saturated heterocycles. The van der Waals surface area contributed by atoms with Crippen molar-refractivity contribution in [3.63, 3.8) is 0 Å². The molecule has 0 fully saturated rings. The second-order valence-corrected chi connectivity index (χ2v) is 4.65. The molecule has 2 aromatic rings. The van der Waals surface area contributed by atoms with Crippen molar-refractivity contribution in [1.29, 1.82) is 0 Å². The highest BCUT2D eigenvalue weighted by atomic mass is 19.1. The van der Waals surface area contributed by atoms with E-state index in [9.17, 15) is 9.18 Å². The van der Waals surface area contributed by atoms with Gasteiger partial charge in [0.25, 0.3) is 5.91 Å². The number of halogens is 1. The molecule has 0 aliphatic carbocycles. The summed E-state index contributed by atoms with van der Waals surface area (Å²) in [5.74, 6) is -1.01. The van der Waals surface area contributed by atoms with Crippen LogP contribution >= 0.6 is 0 Å². The minimum atomic E-state index is -0.524. The van der Waals surface area contributed by atoms with Gasteiger partial charge in [0.15, 0.2) is 5.69 Å². The van der Waals surface area contributed by atoms with Crippen molar-refractivity contribution in [1.82, 2.24) is 10.2 Å². The quantitative estimate of drug-likeness (QED) is 0.802. The highest BCUT2D eigenvalue weighted by Gasteiger charge is 2.18. The molecule has 6 heteroatoms. The number of nitrogens with two attached hydrogens (primary N) is 1. The summed E-state index contributed by atoms with van der Waals surface area (Å²) in [6, 6.07) is 4.58. The Hall–Kier alpha value is -2.37. The maximum absolute atomic E-state index is 13.7. The number of carbonyl (C=O) groups excluding carboxylic acids is 1. The molecule has 0 saturated carbocycles. The first kappa shape index (κ1) is 14.0. The number of benzene rings is 1. The Labute approximate surface area is 116 Å². The van der Waals surface area contributed by atoms with Gasteiger partial charge in [0.05, 0.1) is 17.1 Å². The molecule has 0 atom stereocenters. The Kier molecular flexibility index (Phi) is 4.02. The molecule has 1 aromatic heterocycles. The van der Waals surface area contributed by atoms with Crippen LogP contribution < -0.4 is 11.1 Å². The van der Waals surface area contributed by atoms with Gasteiger partial charge in [-0.05, 0) is 31.0 Å². The first-order valence-corrected chi connectivity index (χ1v) is 6.43. The summed E-state index contributed by atoms with van der Waals surface area (Å²) in [5, 5.41) is 9.10. The zero-order valence-corrected chi connectivity index (χ0v) is 11.5. The van der Waals surface area contributed by atoms with E-state index >= 15 is 0 Å². The largest absolute Gasteiger partial charge is 0.395 e. The van der Waals surface area contributed by atoms with Crippen LogP contribution in [0.3, 0.4) is 0 Å². The van der Waals surface area contributed by atoms with E-state index in [-0.39, 0.29) is 11.4 Å². The molecule has 1 aromatic carbocycles. The fourth-order valence-corrected chi connectivity index (χ4v) is 1.90. The fraction of sp³-hybridized carbons (Fsp3) is 0.286. The van der Waals surface area contributed by atoms with Gasteiger partial charge in [-0.3, -0.25) is 9.89 Å². The standard InChI is InChI=1S/C14H17FN4O/c1-3-4-11-12(16)13(19-18-11)14(20)17-10-6-5-8(2)7-9(10)15/h5-7H,3-4,16H2,1-2H3,(H,17,20)(H,18,19). The van der Waals surface area contributed by atoms with Crippen molar-refractivity contribution in [2.75, 3.05) is 11.1 Å². The van der Waals surface area contributed by atoms with Gasteiger partial charge < -0.3 is 11.1 Å². The van der Waals surface area contributed by atoms with E-state index in [1.807, 2.05) is 6.92 Å². The van der Waals surface area contributed by atoms with E-state index in [0.29, 0.717) is 12.1 Å². The van der Waals surface area contributed by atoms with E-state index < -0.39 is 11.7 Å². The van der Waals surface area contributed by atoms with E-state index in [0.717, 1.165) is 17.7 Å². The van der Waals surface area contributed by atoms with Gasteiger partial charge in [0, 0.05) is 0 Å². The Morgan fingerprint density at radius 3 is 2.90 bits per heavy atom. The van der Waals surface area contributed by atoms with Gasteiger partial charge in [-0.15, -0.1) is 0 Å². The third kappa shape index (κ3) is 2.79. The van der Waals surface area contributed by atoms with Crippen molar-refractivity contribution in [2.45, 2.75) is 26.7 Å². The predicted molar refractivity (Wildman–Crippen MR) is 76.1 cm³/mol. The summed E-state index contributed by atoms with van der Waals surface area (Å²) < 4.78 is 13.7. The molecular formula is C14H17FN4O. The molecule has 0 unspecified atom stereocenters. The number of aromatic nitrogens is 2. The van der Waals surface area contributed by atoms with Gasteiger partial charge >= 0.3 is 0 Å². The number of amides is 1. The lowest BCUT2D eigenvalue weighted by Gasteiger charge is -2.06. The number of carbonyl (C=O) groups is 1. The zero-order chi connectivity index (χ0) is 14.7. The molecule has 1 amide bonds. The molecule has 0 aliphatic heterocycles. The molecule has 0 spiro atoms. The highest BCUT2D eigenvalue weighted by molar-refractivity contribution is 6.06. The van der Waals surface area contributed by atoms with E-state index in [1.54, 1.807) is 13.0 Å². The van der Waals surface area contributed by atoms with Gasteiger partial charge in [0.2, 0.25) is 0 Å². The Morgan fingerprint density at radius 2 is 2.25 bits per heavy atom. The van der Waals surface area contributed by atoms with Gasteiger partial charge in [-0.2, -0.15) is 5.10 Å².